The van der Waals surface area contributed by atoms with Crippen molar-refractivity contribution in [2.45, 2.75) is 19.8 Å². The molecule has 0 radical (unpaired) electrons. The lowest BCUT2D eigenvalue weighted by Gasteiger charge is -2.03. The predicted molar refractivity (Wildman–Crippen MR) is 73.7 cm³/mol. The number of amides is 1. The number of aromatic amines is 1. The molecule has 104 valence electrons. The number of nitrogens with zero attached hydrogens (tertiary/aromatic N) is 1. The van der Waals surface area contributed by atoms with Crippen molar-refractivity contribution in [3.63, 3.8) is 0 Å². The molecule has 1 heterocycles. The van der Waals surface area contributed by atoms with E-state index >= 15 is 0 Å². The summed E-state index contributed by atoms with van der Waals surface area (Å²) in [4.78, 5) is 22.9. The summed E-state index contributed by atoms with van der Waals surface area (Å²) in [5.41, 5.74) is 1.47. The van der Waals surface area contributed by atoms with E-state index in [2.05, 4.69) is 15.5 Å². The topological polar surface area (TPSA) is 95.1 Å². The minimum absolute atomic E-state index is 0.00180. The van der Waals surface area contributed by atoms with Gasteiger partial charge in [-0.05, 0) is 18.9 Å². The summed E-state index contributed by atoms with van der Waals surface area (Å²) in [6, 6.07) is 9.61. The minimum atomic E-state index is -1.12. The normalized spacial score (nSPS) is 10.2. The molecule has 6 nitrogen and oxygen atoms in total. The molecule has 20 heavy (non-hydrogen) atoms. The number of hydrogen-bond donors (Lipinski definition) is 3. The summed E-state index contributed by atoms with van der Waals surface area (Å²) in [5, 5.41) is 17.9. The molecular formula is C14H15N3O3. The van der Waals surface area contributed by atoms with Crippen LogP contribution in [0.15, 0.2) is 30.3 Å². The Bertz CT molecular complexity index is 620. The molecule has 1 amide bonds. The third-order valence-electron chi connectivity index (χ3n) is 2.90. The van der Waals surface area contributed by atoms with Gasteiger partial charge in [-0.2, -0.15) is 5.10 Å². The maximum atomic E-state index is 11.8. The summed E-state index contributed by atoms with van der Waals surface area (Å²) in [6.45, 7) is 1.59. The zero-order chi connectivity index (χ0) is 14.5. The van der Waals surface area contributed by atoms with Crippen molar-refractivity contribution in [2.75, 3.05) is 5.32 Å². The number of hydrogen-bond acceptors (Lipinski definition) is 3. The number of carboxylic acid groups (broad SMARTS) is 1. The molecule has 0 fully saturated rings. The van der Waals surface area contributed by atoms with Crippen molar-refractivity contribution in [1.29, 1.82) is 0 Å². The fourth-order valence-corrected chi connectivity index (χ4v) is 1.88. The number of aryl methyl sites for hydroxylation is 2. The van der Waals surface area contributed by atoms with Crippen molar-refractivity contribution in [1.82, 2.24) is 10.2 Å². The highest BCUT2D eigenvalue weighted by Crippen LogP contribution is 2.16. The first-order valence-corrected chi connectivity index (χ1v) is 6.20. The van der Waals surface area contributed by atoms with Crippen LogP contribution >= 0.6 is 0 Å². The SMILES string of the molecule is Cc1[nH]nc(NC(=O)CCc2ccccc2)c1C(=O)O. The molecule has 0 bridgehead atoms. The van der Waals surface area contributed by atoms with Gasteiger partial charge < -0.3 is 10.4 Å². The smallest absolute Gasteiger partial charge is 0.341 e. The van der Waals surface area contributed by atoms with Gasteiger partial charge in [0.1, 0.15) is 5.56 Å². The molecule has 0 unspecified atom stereocenters. The Kier molecular flexibility index (Phi) is 4.14. The fraction of sp³-hybridized carbons (Fsp3) is 0.214. The van der Waals surface area contributed by atoms with Crippen LogP contribution in [-0.4, -0.2) is 27.2 Å². The van der Waals surface area contributed by atoms with Crippen LogP contribution < -0.4 is 5.32 Å². The van der Waals surface area contributed by atoms with Crippen LogP contribution in [-0.2, 0) is 11.2 Å². The van der Waals surface area contributed by atoms with Crippen molar-refractivity contribution in [3.05, 3.63) is 47.2 Å². The molecule has 0 aliphatic rings. The second-order valence-corrected chi connectivity index (χ2v) is 4.41. The van der Waals surface area contributed by atoms with Gasteiger partial charge in [0, 0.05) is 12.1 Å². The van der Waals surface area contributed by atoms with Crippen LogP contribution in [0.5, 0.6) is 0 Å². The van der Waals surface area contributed by atoms with Gasteiger partial charge in [0.2, 0.25) is 5.91 Å². The highest BCUT2D eigenvalue weighted by atomic mass is 16.4. The van der Waals surface area contributed by atoms with Crippen LogP contribution in [0.25, 0.3) is 0 Å². The molecule has 3 N–H and O–H groups in total. The predicted octanol–water partition coefficient (Wildman–Crippen LogP) is 1.99. The lowest BCUT2D eigenvalue weighted by molar-refractivity contribution is -0.116. The molecule has 0 aliphatic heterocycles. The van der Waals surface area contributed by atoms with Crippen LogP contribution in [0, 0.1) is 6.92 Å². The van der Waals surface area contributed by atoms with E-state index in [4.69, 9.17) is 5.11 Å². The molecule has 0 aliphatic carbocycles. The van der Waals surface area contributed by atoms with Crippen molar-refractivity contribution < 1.29 is 14.7 Å². The number of carboxylic acids is 1. The summed E-state index contributed by atoms with van der Waals surface area (Å²) in [5.74, 6) is -1.31. The third-order valence-corrected chi connectivity index (χ3v) is 2.90. The number of anilines is 1. The maximum absolute atomic E-state index is 11.8. The number of benzene rings is 1. The number of carbonyl (C=O) groups is 2. The van der Waals surface area contributed by atoms with Crippen molar-refractivity contribution >= 4 is 17.7 Å². The number of rotatable bonds is 5. The van der Waals surface area contributed by atoms with Gasteiger partial charge in [-0.1, -0.05) is 30.3 Å². The van der Waals surface area contributed by atoms with Crippen molar-refractivity contribution in [2.24, 2.45) is 0 Å². The quantitative estimate of drug-likeness (QED) is 0.776. The molecule has 2 aromatic rings. The summed E-state index contributed by atoms with van der Waals surface area (Å²) < 4.78 is 0. The number of H-pyrrole nitrogens is 1. The average Bonchev–Trinajstić information content (AvgIpc) is 2.78. The number of aromatic nitrogens is 2. The Morgan fingerprint density at radius 2 is 2.00 bits per heavy atom. The summed E-state index contributed by atoms with van der Waals surface area (Å²) in [6.07, 6.45) is 0.869. The molecule has 1 aromatic heterocycles. The van der Waals surface area contributed by atoms with Gasteiger partial charge in [-0.25, -0.2) is 4.79 Å². The number of aromatic carboxylic acids is 1. The second-order valence-electron chi connectivity index (χ2n) is 4.41. The minimum Gasteiger partial charge on any atom is -0.477 e. The van der Waals surface area contributed by atoms with Crippen LogP contribution in [0.1, 0.15) is 28.0 Å². The summed E-state index contributed by atoms with van der Waals surface area (Å²) in [7, 11) is 0. The lowest BCUT2D eigenvalue weighted by atomic mass is 10.1. The van der Waals surface area contributed by atoms with Crippen LogP contribution in [0.4, 0.5) is 5.82 Å². The van der Waals surface area contributed by atoms with Crippen molar-refractivity contribution in [3.8, 4) is 0 Å². The molecule has 0 saturated heterocycles. The van der Waals surface area contributed by atoms with Gasteiger partial charge in [0.15, 0.2) is 5.82 Å². The zero-order valence-electron chi connectivity index (χ0n) is 11.0. The van der Waals surface area contributed by atoms with E-state index in [1.54, 1.807) is 6.92 Å². The Morgan fingerprint density at radius 1 is 1.30 bits per heavy atom. The van der Waals surface area contributed by atoms with Crippen LogP contribution in [0.3, 0.4) is 0 Å². The average molecular weight is 273 g/mol. The van der Waals surface area contributed by atoms with E-state index in [-0.39, 0.29) is 23.7 Å². The zero-order valence-corrected chi connectivity index (χ0v) is 11.0. The maximum Gasteiger partial charge on any atom is 0.341 e. The standard InChI is InChI=1S/C14H15N3O3/c1-9-12(14(19)20)13(17-16-9)15-11(18)8-7-10-5-3-2-4-6-10/h2-6H,7-8H2,1H3,(H,19,20)(H2,15,16,17,18). The molecule has 2 rings (SSSR count). The first kappa shape index (κ1) is 13.8. The molecule has 6 heteroatoms. The van der Waals surface area contributed by atoms with Gasteiger partial charge in [-0.15, -0.1) is 0 Å². The van der Waals surface area contributed by atoms with E-state index in [0.717, 1.165) is 5.56 Å². The van der Waals surface area contributed by atoms with Gasteiger partial charge >= 0.3 is 5.97 Å². The highest BCUT2D eigenvalue weighted by Gasteiger charge is 2.18. The molecule has 0 saturated carbocycles. The van der Waals surface area contributed by atoms with Gasteiger partial charge in [0.25, 0.3) is 0 Å². The van der Waals surface area contributed by atoms with E-state index < -0.39 is 5.97 Å². The fourth-order valence-electron chi connectivity index (χ4n) is 1.88. The molecule has 1 aromatic carbocycles. The highest BCUT2D eigenvalue weighted by molar-refractivity contribution is 6.00. The number of nitrogens with one attached hydrogen (secondary N) is 2. The molecule has 0 spiro atoms. The first-order chi connectivity index (χ1) is 9.58. The Balaban J connectivity index is 1.97. The van der Waals surface area contributed by atoms with E-state index in [1.807, 2.05) is 30.3 Å². The number of carbonyl (C=O) groups excluding carboxylic acids is 1. The third kappa shape index (κ3) is 3.23. The van der Waals surface area contributed by atoms with Gasteiger partial charge in [0.05, 0.1) is 0 Å². The molecule has 0 atom stereocenters. The largest absolute Gasteiger partial charge is 0.477 e. The Labute approximate surface area is 115 Å². The first-order valence-electron chi connectivity index (χ1n) is 6.20. The molecular weight excluding hydrogens is 258 g/mol. The monoisotopic (exact) mass is 273 g/mol. The lowest BCUT2D eigenvalue weighted by Crippen LogP contribution is -2.15. The Morgan fingerprint density at radius 3 is 2.65 bits per heavy atom. The van der Waals surface area contributed by atoms with Gasteiger partial charge in [-0.3, -0.25) is 9.89 Å². The second kappa shape index (κ2) is 6.01. The van der Waals surface area contributed by atoms with E-state index in [9.17, 15) is 9.59 Å². The van der Waals surface area contributed by atoms with E-state index in [0.29, 0.717) is 12.1 Å². The van der Waals surface area contributed by atoms with E-state index in [1.165, 1.54) is 0 Å². The summed E-state index contributed by atoms with van der Waals surface area (Å²) >= 11 is 0. The van der Waals surface area contributed by atoms with Crippen LogP contribution in [0.2, 0.25) is 0 Å². The Hall–Kier alpha value is -2.63.